The summed E-state index contributed by atoms with van der Waals surface area (Å²) >= 11 is 0. The molecule has 2 rings (SSSR count). The standard InChI is InChI=1S/C14H29N3O/c1-14(2)4-5-17(12-13(14)15-3)7-6-16-8-10-18-11-9-16/h13,15H,4-12H2,1-3H3. The van der Waals surface area contributed by atoms with Gasteiger partial charge in [0.25, 0.3) is 0 Å². The molecule has 0 aliphatic carbocycles. The molecule has 2 saturated heterocycles. The van der Waals surface area contributed by atoms with E-state index in [-0.39, 0.29) is 0 Å². The molecule has 0 radical (unpaired) electrons. The second-order valence-electron chi connectivity index (χ2n) is 6.33. The predicted molar refractivity (Wildman–Crippen MR) is 74.9 cm³/mol. The highest BCUT2D eigenvalue weighted by Crippen LogP contribution is 2.30. The second kappa shape index (κ2) is 6.33. The molecule has 2 aliphatic rings. The number of nitrogens with zero attached hydrogens (tertiary/aromatic N) is 2. The summed E-state index contributed by atoms with van der Waals surface area (Å²) in [5.74, 6) is 0. The number of hydrogen-bond acceptors (Lipinski definition) is 4. The Hall–Kier alpha value is -0.160. The minimum absolute atomic E-state index is 0.435. The first-order valence-electron chi connectivity index (χ1n) is 7.31. The number of rotatable bonds is 4. The lowest BCUT2D eigenvalue weighted by molar-refractivity contribution is 0.0260. The van der Waals surface area contributed by atoms with Gasteiger partial charge in [0.15, 0.2) is 0 Å². The number of likely N-dealkylation sites (tertiary alicyclic amines) is 1. The molecule has 4 heteroatoms. The van der Waals surface area contributed by atoms with Crippen molar-refractivity contribution >= 4 is 0 Å². The van der Waals surface area contributed by atoms with E-state index in [2.05, 4.69) is 36.0 Å². The van der Waals surface area contributed by atoms with Gasteiger partial charge in [0, 0.05) is 38.8 Å². The van der Waals surface area contributed by atoms with E-state index in [0.29, 0.717) is 11.5 Å². The van der Waals surface area contributed by atoms with Crippen LogP contribution in [-0.2, 0) is 4.74 Å². The van der Waals surface area contributed by atoms with Crippen LogP contribution in [-0.4, -0.2) is 75.4 Å². The van der Waals surface area contributed by atoms with Gasteiger partial charge in [-0.2, -0.15) is 0 Å². The molecule has 1 unspecified atom stereocenters. The van der Waals surface area contributed by atoms with Crippen LogP contribution in [0.25, 0.3) is 0 Å². The number of morpholine rings is 1. The van der Waals surface area contributed by atoms with Crippen molar-refractivity contribution in [3.05, 3.63) is 0 Å². The number of piperidine rings is 1. The van der Waals surface area contributed by atoms with Crippen LogP contribution >= 0.6 is 0 Å². The van der Waals surface area contributed by atoms with E-state index >= 15 is 0 Å². The van der Waals surface area contributed by atoms with Gasteiger partial charge in [-0.05, 0) is 25.4 Å². The van der Waals surface area contributed by atoms with E-state index in [1.165, 1.54) is 32.6 Å². The summed E-state index contributed by atoms with van der Waals surface area (Å²) in [4.78, 5) is 5.14. The number of ether oxygens (including phenoxy) is 1. The molecule has 0 spiro atoms. The van der Waals surface area contributed by atoms with Crippen molar-refractivity contribution in [1.29, 1.82) is 0 Å². The fourth-order valence-corrected chi connectivity index (χ4v) is 3.01. The zero-order valence-electron chi connectivity index (χ0n) is 12.2. The van der Waals surface area contributed by atoms with Crippen LogP contribution in [0.3, 0.4) is 0 Å². The monoisotopic (exact) mass is 255 g/mol. The van der Waals surface area contributed by atoms with Gasteiger partial charge >= 0.3 is 0 Å². The van der Waals surface area contributed by atoms with Crippen molar-refractivity contribution < 1.29 is 4.74 Å². The summed E-state index contributed by atoms with van der Waals surface area (Å²) in [6.45, 7) is 13.6. The predicted octanol–water partition coefficient (Wildman–Crippen LogP) is 0.639. The maximum absolute atomic E-state index is 5.39. The third kappa shape index (κ3) is 3.67. The average Bonchev–Trinajstić information content (AvgIpc) is 2.38. The van der Waals surface area contributed by atoms with Gasteiger partial charge in [-0.3, -0.25) is 4.90 Å². The summed E-state index contributed by atoms with van der Waals surface area (Å²) in [6, 6.07) is 0.621. The van der Waals surface area contributed by atoms with E-state index in [1.807, 2.05) is 0 Å². The van der Waals surface area contributed by atoms with Crippen LogP contribution in [0.15, 0.2) is 0 Å². The minimum atomic E-state index is 0.435. The third-order valence-corrected chi connectivity index (χ3v) is 4.64. The molecule has 1 atom stereocenters. The molecule has 18 heavy (non-hydrogen) atoms. The molecule has 4 nitrogen and oxygen atoms in total. The van der Waals surface area contributed by atoms with Crippen molar-refractivity contribution in [2.24, 2.45) is 5.41 Å². The maximum atomic E-state index is 5.39. The van der Waals surface area contributed by atoms with Gasteiger partial charge in [-0.1, -0.05) is 13.8 Å². The topological polar surface area (TPSA) is 27.7 Å². The first-order chi connectivity index (χ1) is 8.62. The molecule has 106 valence electrons. The van der Waals surface area contributed by atoms with E-state index in [0.717, 1.165) is 26.3 Å². The Labute approximate surface area is 112 Å². The quantitative estimate of drug-likeness (QED) is 0.798. The van der Waals surface area contributed by atoms with Gasteiger partial charge in [0.1, 0.15) is 0 Å². The van der Waals surface area contributed by atoms with Gasteiger partial charge in [0.2, 0.25) is 0 Å². The zero-order valence-corrected chi connectivity index (χ0v) is 12.2. The van der Waals surface area contributed by atoms with Crippen molar-refractivity contribution in [2.45, 2.75) is 26.3 Å². The first-order valence-corrected chi connectivity index (χ1v) is 7.31. The lowest BCUT2D eigenvalue weighted by atomic mass is 9.78. The van der Waals surface area contributed by atoms with Crippen molar-refractivity contribution in [3.63, 3.8) is 0 Å². The molecular formula is C14H29N3O. The molecule has 2 heterocycles. The summed E-state index contributed by atoms with van der Waals surface area (Å²) in [7, 11) is 2.10. The van der Waals surface area contributed by atoms with E-state index in [4.69, 9.17) is 4.74 Å². The highest BCUT2D eigenvalue weighted by molar-refractivity contribution is 4.91. The van der Waals surface area contributed by atoms with Gasteiger partial charge in [-0.25, -0.2) is 0 Å². The SMILES string of the molecule is CNC1CN(CCN2CCOCC2)CCC1(C)C. The van der Waals surface area contributed by atoms with Crippen LogP contribution in [0.1, 0.15) is 20.3 Å². The zero-order chi connectivity index (χ0) is 13.0. The lowest BCUT2D eigenvalue weighted by Crippen LogP contribution is -2.55. The van der Waals surface area contributed by atoms with E-state index < -0.39 is 0 Å². The number of likely N-dealkylation sites (N-methyl/N-ethyl adjacent to an activating group) is 1. The Morgan fingerprint density at radius 3 is 2.44 bits per heavy atom. The number of hydrogen-bond donors (Lipinski definition) is 1. The summed E-state index contributed by atoms with van der Waals surface area (Å²) in [5, 5.41) is 3.49. The summed E-state index contributed by atoms with van der Waals surface area (Å²) < 4.78 is 5.39. The largest absolute Gasteiger partial charge is 0.379 e. The Morgan fingerprint density at radius 2 is 1.78 bits per heavy atom. The molecular weight excluding hydrogens is 226 g/mol. The molecule has 0 aromatic rings. The van der Waals surface area contributed by atoms with Gasteiger partial charge in [-0.15, -0.1) is 0 Å². The van der Waals surface area contributed by atoms with Crippen molar-refractivity contribution in [3.8, 4) is 0 Å². The molecule has 0 bridgehead atoms. The van der Waals surface area contributed by atoms with E-state index in [9.17, 15) is 0 Å². The Morgan fingerprint density at radius 1 is 1.11 bits per heavy atom. The molecule has 0 amide bonds. The first kappa shape index (κ1) is 14.3. The summed E-state index contributed by atoms with van der Waals surface area (Å²) in [6.07, 6.45) is 1.29. The van der Waals surface area contributed by atoms with Crippen LogP contribution < -0.4 is 5.32 Å². The van der Waals surface area contributed by atoms with Crippen LogP contribution in [0, 0.1) is 5.41 Å². The van der Waals surface area contributed by atoms with Crippen LogP contribution in [0.5, 0.6) is 0 Å². The van der Waals surface area contributed by atoms with E-state index in [1.54, 1.807) is 0 Å². The maximum Gasteiger partial charge on any atom is 0.0594 e. The van der Waals surface area contributed by atoms with Gasteiger partial charge < -0.3 is 15.0 Å². The highest BCUT2D eigenvalue weighted by atomic mass is 16.5. The van der Waals surface area contributed by atoms with Crippen LogP contribution in [0.4, 0.5) is 0 Å². The van der Waals surface area contributed by atoms with Gasteiger partial charge in [0.05, 0.1) is 13.2 Å². The fraction of sp³-hybridized carbons (Fsp3) is 1.00. The molecule has 2 aliphatic heterocycles. The number of nitrogens with one attached hydrogen (secondary N) is 1. The van der Waals surface area contributed by atoms with Crippen LogP contribution in [0.2, 0.25) is 0 Å². The molecule has 0 aromatic heterocycles. The van der Waals surface area contributed by atoms with Crippen molar-refractivity contribution in [1.82, 2.24) is 15.1 Å². The molecule has 1 N–H and O–H groups in total. The Kier molecular flexibility index (Phi) is 5.01. The summed E-state index contributed by atoms with van der Waals surface area (Å²) in [5.41, 5.74) is 0.435. The molecule has 2 fully saturated rings. The highest BCUT2D eigenvalue weighted by Gasteiger charge is 2.34. The smallest absolute Gasteiger partial charge is 0.0594 e. The Bertz CT molecular complexity index is 251. The van der Waals surface area contributed by atoms with Crippen molar-refractivity contribution in [2.75, 3.05) is 59.5 Å². The average molecular weight is 255 g/mol. The fourth-order valence-electron chi connectivity index (χ4n) is 3.01. The lowest BCUT2D eigenvalue weighted by Gasteiger charge is -2.44. The molecule has 0 aromatic carbocycles. The minimum Gasteiger partial charge on any atom is -0.379 e. The molecule has 0 saturated carbocycles. The normalized spacial score (nSPS) is 30.5. The third-order valence-electron chi connectivity index (χ3n) is 4.64. The Balaban J connectivity index is 1.73. The second-order valence-corrected chi connectivity index (χ2v) is 6.33.